The molecule has 148 valence electrons. The van der Waals surface area contributed by atoms with Crippen molar-refractivity contribution in [3.63, 3.8) is 0 Å². The van der Waals surface area contributed by atoms with E-state index in [1.807, 2.05) is 0 Å². The van der Waals surface area contributed by atoms with Gasteiger partial charge in [-0.1, -0.05) is 45.9 Å². The fourth-order valence-corrected chi connectivity index (χ4v) is 4.38. The number of aromatic nitrogens is 1. The molecular weight excluding hydrogens is 332 g/mol. The third-order valence-electron chi connectivity index (χ3n) is 6.12. The summed E-state index contributed by atoms with van der Waals surface area (Å²) in [5.41, 5.74) is 5.63. The molecule has 0 saturated carbocycles. The van der Waals surface area contributed by atoms with Crippen molar-refractivity contribution in [3.8, 4) is 0 Å². The zero-order valence-electron chi connectivity index (χ0n) is 18.1. The zero-order valence-corrected chi connectivity index (χ0v) is 18.1. The third-order valence-corrected chi connectivity index (χ3v) is 6.12. The molecule has 27 heavy (non-hydrogen) atoms. The lowest BCUT2D eigenvalue weighted by Gasteiger charge is -2.38. The molecular formula is C24H36N2O. The van der Waals surface area contributed by atoms with Gasteiger partial charge in [-0.05, 0) is 59.9 Å². The lowest BCUT2D eigenvalue weighted by atomic mass is 9.76. The van der Waals surface area contributed by atoms with E-state index >= 15 is 0 Å². The normalized spacial score (nSPS) is 21.9. The van der Waals surface area contributed by atoms with Gasteiger partial charge in [0.15, 0.2) is 0 Å². The summed E-state index contributed by atoms with van der Waals surface area (Å²) in [6, 6.07) is 11.4. The predicted molar refractivity (Wildman–Crippen MR) is 114 cm³/mol. The van der Waals surface area contributed by atoms with E-state index in [1.165, 1.54) is 28.8 Å². The van der Waals surface area contributed by atoms with E-state index in [0.717, 1.165) is 13.0 Å². The smallest absolute Gasteiger partial charge is 0.0862 e. The number of hydrogen-bond acceptors (Lipinski definition) is 2. The summed E-state index contributed by atoms with van der Waals surface area (Å²) in [6.07, 6.45) is 4.67. The van der Waals surface area contributed by atoms with Crippen LogP contribution in [0.4, 0.5) is 0 Å². The molecule has 0 spiro atoms. The van der Waals surface area contributed by atoms with E-state index in [0.29, 0.717) is 11.8 Å². The molecule has 2 heterocycles. The maximum atomic E-state index is 6.42. The van der Waals surface area contributed by atoms with Crippen LogP contribution in [-0.2, 0) is 10.2 Å². The van der Waals surface area contributed by atoms with Crippen LogP contribution in [0.25, 0.3) is 0 Å². The molecule has 0 N–H and O–H groups in total. The van der Waals surface area contributed by atoms with E-state index in [2.05, 4.69) is 94.9 Å². The predicted octanol–water partition coefficient (Wildman–Crippen LogP) is 5.56. The first-order valence-electron chi connectivity index (χ1n) is 10.3. The van der Waals surface area contributed by atoms with Crippen LogP contribution in [0, 0.1) is 12.8 Å². The highest BCUT2D eigenvalue weighted by Gasteiger charge is 2.35. The molecule has 0 aliphatic carbocycles. The maximum absolute atomic E-state index is 6.42. The molecule has 0 bridgehead atoms. The number of hydrogen-bond donors (Lipinski definition) is 0. The molecule has 1 saturated heterocycles. The Bertz CT molecular complexity index is 769. The Morgan fingerprint density at radius 2 is 1.93 bits per heavy atom. The Hall–Kier alpha value is -1.74. The van der Waals surface area contributed by atoms with Gasteiger partial charge in [0.25, 0.3) is 0 Å². The molecule has 2 aromatic rings. The summed E-state index contributed by atoms with van der Waals surface area (Å²) in [5.74, 6) is 0.923. The van der Waals surface area contributed by atoms with Gasteiger partial charge in [-0.3, -0.25) is 4.68 Å². The standard InChI is InChI=1S/C24H36N2O/c1-17-12-13-19(24(3,4)5)16-21(17)23-20(10-9-15-27-23)18(2)22-11-8-14-26(22)25(6)7/h8,11-14,16,18,20,23H,9-10,15H2,1-7H3. The summed E-state index contributed by atoms with van der Waals surface area (Å²) in [6.45, 7) is 12.3. The fourth-order valence-electron chi connectivity index (χ4n) is 4.38. The summed E-state index contributed by atoms with van der Waals surface area (Å²) >= 11 is 0. The number of benzene rings is 1. The molecule has 3 nitrogen and oxygen atoms in total. The zero-order chi connectivity index (χ0) is 19.8. The van der Waals surface area contributed by atoms with E-state index in [1.54, 1.807) is 0 Å². The highest BCUT2D eigenvalue weighted by atomic mass is 16.5. The average Bonchev–Trinajstić information content (AvgIpc) is 3.10. The second kappa shape index (κ2) is 7.71. The van der Waals surface area contributed by atoms with Crippen LogP contribution in [0.1, 0.15) is 74.9 Å². The van der Waals surface area contributed by atoms with Crippen molar-refractivity contribution in [3.05, 3.63) is 58.9 Å². The van der Waals surface area contributed by atoms with Crippen LogP contribution in [0.2, 0.25) is 0 Å². The lowest BCUT2D eigenvalue weighted by Crippen LogP contribution is -2.32. The fraction of sp³-hybridized carbons (Fsp3) is 0.583. The van der Waals surface area contributed by atoms with E-state index < -0.39 is 0 Å². The van der Waals surface area contributed by atoms with Crippen molar-refractivity contribution in [2.45, 2.75) is 64.9 Å². The van der Waals surface area contributed by atoms with Crippen molar-refractivity contribution >= 4 is 0 Å². The van der Waals surface area contributed by atoms with Crippen molar-refractivity contribution in [1.29, 1.82) is 0 Å². The van der Waals surface area contributed by atoms with Gasteiger partial charge in [0, 0.05) is 38.5 Å². The summed E-state index contributed by atoms with van der Waals surface area (Å²) in [4.78, 5) is 0. The molecule has 1 aliphatic rings. The number of ether oxygens (including phenoxy) is 1. The topological polar surface area (TPSA) is 17.4 Å². The van der Waals surface area contributed by atoms with Gasteiger partial charge in [-0.15, -0.1) is 0 Å². The van der Waals surface area contributed by atoms with Gasteiger partial charge in [0.2, 0.25) is 0 Å². The highest BCUT2D eigenvalue weighted by Crippen LogP contribution is 2.44. The molecule has 3 rings (SSSR count). The second-order valence-corrected chi connectivity index (χ2v) is 9.33. The Morgan fingerprint density at radius 3 is 2.59 bits per heavy atom. The number of aryl methyl sites for hydroxylation is 1. The van der Waals surface area contributed by atoms with Crippen LogP contribution in [0.5, 0.6) is 0 Å². The van der Waals surface area contributed by atoms with Gasteiger partial charge in [-0.25, -0.2) is 0 Å². The van der Waals surface area contributed by atoms with E-state index in [4.69, 9.17) is 4.74 Å². The first-order valence-corrected chi connectivity index (χ1v) is 10.3. The Morgan fingerprint density at radius 1 is 1.19 bits per heavy atom. The van der Waals surface area contributed by atoms with Crippen LogP contribution in [0.15, 0.2) is 36.5 Å². The van der Waals surface area contributed by atoms with Crippen molar-refractivity contribution in [2.75, 3.05) is 25.7 Å². The van der Waals surface area contributed by atoms with Crippen LogP contribution in [0.3, 0.4) is 0 Å². The molecule has 0 radical (unpaired) electrons. The second-order valence-electron chi connectivity index (χ2n) is 9.33. The number of nitrogens with zero attached hydrogens (tertiary/aromatic N) is 2. The van der Waals surface area contributed by atoms with Crippen molar-refractivity contribution < 1.29 is 4.74 Å². The summed E-state index contributed by atoms with van der Waals surface area (Å²) in [7, 11) is 4.20. The molecule has 3 heteroatoms. The first kappa shape index (κ1) is 20.0. The third kappa shape index (κ3) is 4.08. The Labute approximate surface area is 165 Å². The van der Waals surface area contributed by atoms with Gasteiger partial charge in [0.1, 0.15) is 0 Å². The van der Waals surface area contributed by atoms with Crippen molar-refractivity contribution in [2.24, 2.45) is 5.92 Å². The highest BCUT2D eigenvalue weighted by molar-refractivity contribution is 5.37. The minimum atomic E-state index is 0.151. The minimum absolute atomic E-state index is 0.151. The summed E-state index contributed by atoms with van der Waals surface area (Å²) < 4.78 is 8.68. The molecule has 1 fully saturated rings. The molecule has 3 unspecified atom stereocenters. The van der Waals surface area contributed by atoms with Gasteiger partial charge in [0.05, 0.1) is 6.10 Å². The Kier molecular flexibility index (Phi) is 5.71. The average molecular weight is 369 g/mol. The summed E-state index contributed by atoms with van der Waals surface area (Å²) in [5, 5.41) is 2.15. The van der Waals surface area contributed by atoms with Gasteiger partial charge in [-0.2, -0.15) is 0 Å². The maximum Gasteiger partial charge on any atom is 0.0862 e. The van der Waals surface area contributed by atoms with Crippen LogP contribution in [-0.4, -0.2) is 25.4 Å². The largest absolute Gasteiger partial charge is 0.373 e. The first-order chi connectivity index (χ1) is 12.7. The van der Waals surface area contributed by atoms with Gasteiger partial charge < -0.3 is 9.75 Å². The monoisotopic (exact) mass is 368 g/mol. The molecule has 0 amide bonds. The molecule has 3 atom stereocenters. The van der Waals surface area contributed by atoms with Crippen LogP contribution < -0.4 is 5.01 Å². The molecule has 1 aromatic carbocycles. The number of rotatable bonds is 4. The van der Waals surface area contributed by atoms with Gasteiger partial charge >= 0.3 is 0 Å². The van der Waals surface area contributed by atoms with Crippen LogP contribution >= 0.6 is 0 Å². The van der Waals surface area contributed by atoms with E-state index in [9.17, 15) is 0 Å². The molecule has 1 aliphatic heterocycles. The Balaban J connectivity index is 1.98. The minimum Gasteiger partial charge on any atom is -0.373 e. The van der Waals surface area contributed by atoms with Crippen molar-refractivity contribution in [1.82, 2.24) is 4.68 Å². The van der Waals surface area contributed by atoms with E-state index in [-0.39, 0.29) is 11.5 Å². The SMILES string of the molecule is Cc1ccc(C(C)(C)C)cc1C1OCCCC1C(C)c1cccn1N(C)C. The lowest BCUT2D eigenvalue weighted by molar-refractivity contribution is -0.0369. The quantitative estimate of drug-likeness (QED) is 0.702. The molecule has 1 aromatic heterocycles.